The predicted molar refractivity (Wildman–Crippen MR) is 75.6 cm³/mol. The van der Waals surface area contributed by atoms with Crippen LogP contribution in [0, 0.1) is 5.41 Å². The highest BCUT2D eigenvalue weighted by molar-refractivity contribution is 5.98. The zero-order valence-corrected chi connectivity index (χ0v) is 11.6. The largest absolute Gasteiger partial charge is 0.349 e. The molecule has 1 heterocycles. The molecule has 0 saturated heterocycles. The maximum absolute atomic E-state index is 12.2. The third-order valence-electron chi connectivity index (χ3n) is 3.86. The van der Waals surface area contributed by atoms with E-state index in [-0.39, 0.29) is 11.9 Å². The molecule has 5 heteroatoms. The van der Waals surface area contributed by atoms with Gasteiger partial charge in [0, 0.05) is 12.2 Å². The molecule has 1 fully saturated rings. The van der Waals surface area contributed by atoms with E-state index in [1.165, 1.54) is 0 Å². The molecule has 1 aromatic rings. The molecule has 0 spiro atoms. The zero-order valence-electron chi connectivity index (χ0n) is 11.6. The van der Waals surface area contributed by atoms with Crippen molar-refractivity contribution in [1.29, 1.82) is 0 Å². The smallest absolute Gasteiger partial charge is 0.255 e. The van der Waals surface area contributed by atoms with E-state index < -0.39 is 0 Å². The summed E-state index contributed by atoms with van der Waals surface area (Å²) in [6.07, 6.45) is 5.96. The van der Waals surface area contributed by atoms with E-state index in [2.05, 4.69) is 29.6 Å². The molecule has 0 aliphatic heterocycles. The van der Waals surface area contributed by atoms with Gasteiger partial charge < -0.3 is 10.7 Å². The minimum Gasteiger partial charge on any atom is -0.349 e. The second kappa shape index (κ2) is 5.57. The second-order valence-electron chi connectivity index (χ2n) is 5.96. The standard InChI is InChI=1S/C14H22N4O/c1-14(2)7-5-10(6-8-14)17-13(19)11-4-3-9-16-12(11)18-15/h3-4,9-10H,5-8,15H2,1-2H3,(H,16,18)(H,17,19). The maximum Gasteiger partial charge on any atom is 0.255 e. The summed E-state index contributed by atoms with van der Waals surface area (Å²) in [6.45, 7) is 4.56. The van der Waals surface area contributed by atoms with Gasteiger partial charge in [-0.1, -0.05) is 13.8 Å². The number of nitrogen functional groups attached to an aromatic ring is 1. The third kappa shape index (κ3) is 3.44. The number of rotatable bonds is 3. The van der Waals surface area contributed by atoms with Crippen molar-refractivity contribution in [2.75, 3.05) is 5.43 Å². The Bertz CT molecular complexity index is 449. The molecule has 104 valence electrons. The van der Waals surface area contributed by atoms with E-state index >= 15 is 0 Å². The molecular weight excluding hydrogens is 240 g/mol. The molecule has 0 atom stereocenters. The first kappa shape index (κ1) is 13.8. The molecule has 19 heavy (non-hydrogen) atoms. The van der Waals surface area contributed by atoms with Gasteiger partial charge in [0.1, 0.15) is 0 Å². The Morgan fingerprint density at radius 2 is 2.11 bits per heavy atom. The second-order valence-corrected chi connectivity index (χ2v) is 5.96. The summed E-state index contributed by atoms with van der Waals surface area (Å²) in [5.41, 5.74) is 3.35. The fraction of sp³-hybridized carbons (Fsp3) is 0.571. The van der Waals surface area contributed by atoms with E-state index in [0.29, 0.717) is 16.8 Å². The van der Waals surface area contributed by atoms with Gasteiger partial charge in [0.2, 0.25) is 0 Å². The number of hydrazine groups is 1. The summed E-state index contributed by atoms with van der Waals surface area (Å²) in [5, 5.41) is 3.07. The number of hydrogen-bond donors (Lipinski definition) is 3. The average Bonchev–Trinajstić information content (AvgIpc) is 2.41. The molecule has 0 aromatic carbocycles. The van der Waals surface area contributed by atoms with Crippen molar-refractivity contribution in [3.63, 3.8) is 0 Å². The van der Waals surface area contributed by atoms with Crippen LogP contribution in [0.3, 0.4) is 0 Å². The van der Waals surface area contributed by atoms with Gasteiger partial charge in [0.05, 0.1) is 5.56 Å². The lowest BCUT2D eigenvalue weighted by Gasteiger charge is -2.34. The number of aromatic nitrogens is 1. The van der Waals surface area contributed by atoms with Gasteiger partial charge in [-0.2, -0.15) is 0 Å². The third-order valence-corrected chi connectivity index (χ3v) is 3.86. The number of amides is 1. The van der Waals surface area contributed by atoms with Gasteiger partial charge in [-0.25, -0.2) is 10.8 Å². The number of carbonyl (C=O) groups excluding carboxylic acids is 1. The van der Waals surface area contributed by atoms with Crippen molar-refractivity contribution >= 4 is 11.7 Å². The van der Waals surface area contributed by atoms with Crippen LogP contribution in [0.2, 0.25) is 0 Å². The van der Waals surface area contributed by atoms with Crippen LogP contribution >= 0.6 is 0 Å². The van der Waals surface area contributed by atoms with Crippen LogP contribution in [0.1, 0.15) is 49.9 Å². The SMILES string of the molecule is CC1(C)CCC(NC(=O)c2cccnc2NN)CC1. The Labute approximate surface area is 114 Å². The number of pyridine rings is 1. The lowest BCUT2D eigenvalue weighted by molar-refractivity contribution is 0.0909. The number of carbonyl (C=O) groups is 1. The minimum atomic E-state index is -0.106. The minimum absolute atomic E-state index is 0.106. The summed E-state index contributed by atoms with van der Waals surface area (Å²) >= 11 is 0. The molecule has 1 saturated carbocycles. The van der Waals surface area contributed by atoms with E-state index in [1.807, 2.05) is 0 Å². The van der Waals surface area contributed by atoms with Gasteiger partial charge in [-0.3, -0.25) is 4.79 Å². The quantitative estimate of drug-likeness (QED) is 0.575. The average molecular weight is 262 g/mol. The van der Waals surface area contributed by atoms with E-state index in [4.69, 9.17) is 5.84 Å². The summed E-state index contributed by atoms with van der Waals surface area (Å²) in [6, 6.07) is 3.72. The fourth-order valence-corrected chi connectivity index (χ4v) is 2.51. The van der Waals surface area contributed by atoms with Crippen molar-refractivity contribution in [1.82, 2.24) is 10.3 Å². The van der Waals surface area contributed by atoms with Gasteiger partial charge >= 0.3 is 0 Å². The van der Waals surface area contributed by atoms with Crippen LogP contribution in [0.4, 0.5) is 5.82 Å². The number of anilines is 1. The molecule has 1 aliphatic rings. The topological polar surface area (TPSA) is 80.0 Å². The van der Waals surface area contributed by atoms with Crippen LogP contribution in [0.15, 0.2) is 18.3 Å². The van der Waals surface area contributed by atoms with Crippen LogP contribution < -0.4 is 16.6 Å². The highest BCUT2D eigenvalue weighted by Crippen LogP contribution is 2.35. The van der Waals surface area contributed by atoms with Crippen molar-refractivity contribution in [3.8, 4) is 0 Å². The summed E-state index contributed by atoms with van der Waals surface area (Å²) in [4.78, 5) is 16.2. The monoisotopic (exact) mass is 262 g/mol. The molecule has 2 rings (SSSR count). The maximum atomic E-state index is 12.2. The summed E-state index contributed by atoms with van der Waals surface area (Å²) < 4.78 is 0. The first-order valence-corrected chi connectivity index (χ1v) is 6.74. The Balaban J connectivity index is 1.98. The van der Waals surface area contributed by atoms with Crippen LogP contribution in [0.5, 0.6) is 0 Å². The highest BCUT2D eigenvalue weighted by Gasteiger charge is 2.28. The Morgan fingerprint density at radius 1 is 1.42 bits per heavy atom. The van der Waals surface area contributed by atoms with Gasteiger partial charge in [0.15, 0.2) is 5.82 Å². The molecule has 1 aromatic heterocycles. The molecule has 1 aliphatic carbocycles. The summed E-state index contributed by atoms with van der Waals surface area (Å²) in [7, 11) is 0. The molecule has 0 bridgehead atoms. The van der Waals surface area contributed by atoms with Crippen molar-refractivity contribution < 1.29 is 4.79 Å². The molecule has 0 unspecified atom stereocenters. The normalized spacial score (nSPS) is 18.9. The molecule has 4 N–H and O–H groups in total. The van der Waals surface area contributed by atoms with Crippen LogP contribution in [-0.4, -0.2) is 16.9 Å². The van der Waals surface area contributed by atoms with Crippen LogP contribution in [0.25, 0.3) is 0 Å². The van der Waals surface area contributed by atoms with E-state index in [9.17, 15) is 4.79 Å². The van der Waals surface area contributed by atoms with Crippen molar-refractivity contribution in [3.05, 3.63) is 23.9 Å². The number of nitrogens with zero attached hydrogens (tertiary/aromatic N) is 1. The van der Waals surface area contributed by atoms with Crippen LogP contribution in [-0.2, 0) is 0 Å². The van der Waals surface area contributed by atoms with E-state index in [1.54, 1.807) is 18.3 Å². The predicted octanol–water partition coefficient (Wildman–Crippen LogP) is 2.07. The van der Waals surface area contributed by atoms with E-state index in [0.717, 1.165) is 25.7 Å². The Morgan fingerprint density at radius 3 is 2.74 bits per heavy atom. The lowest BCUT2D eigenvalue weighted by atomic mass is 9.75. The Hall–Kier alpha value is -1.62. The van der Waals surface area contributed by atoms with Gasteiger partial charge in [-0.15, -0.1) is 0 Å². The highest BCUT2D eigenvalue weighted by atomic mass is 16.1. The van der Waals surface area contributed by atoms with Gasteiger partial charge in [0.25, 0.3) is 5.91 Å². The summed E-state index contributed by atoms with van der Waals surface area (Å²) in [5.74, 6) is 5.67. The van der Waals surface area contributed by atoms with Crippen molar-refractivity contribution in [2.45, 2.75) is 45.6 Å². The number of nitrogens with one attached hydrogen (secondary N) is 2. The zero-order chi connectivity index (χ0) is 13.9. The lowest BCUT2D eigenvalue weighted by Crippen LogP contribution is -2.39. The Kier molecular flexibility index (Phi) is 4.04. The molecule has 1 amide bonds. The molecule has 5 nitrogen and oxygen atoms in total. The fourth-order valence-electron chi connectivity index (χ4n) is 2.51. The molecular formula is C14H22N4O. The molecule has 0 radical (unpaired) electrons. The number of nitrogens with two attached hydrogens (primary N) is 1. The first-order valence-electron chi connectivity index (χ1n) is 6.74. The van der Waals surface area contributed by atoms with Crippen molar-refractivity contribution in [2.24, 2.45) is 11.3 Å². The first-order chi connectivity index (χ1) is 9.02. The van der Waals surface area contributed by atoms with Gasteiger partial charge in [-0.05, 0) is 43.2 Å². The number of hydrogen-bond acceptors (Lipinski definition) is 4.